The van der Waals surface area contributed by atoms with E-state index in [0.717, 1.165) is 0 Å². The highest BCUT2D eigenvalue weighted by Gasteiger charge is 2.39. The van der Waals surface area contributed by atoms with E-state index in [1.807, 2.05) is 0 Å². The smallest absolute Gasteiger partial charge is 0.254 e. The van der Waals surface area contributed by atoms with Crippen LogP contribution in [-0.4, -0.2) is 48.8 Å². The summed E-state index contributed by atoms with van der Waals surface area (Å²) in [6.45, 7) is 2.39. The van der Waals surface area contributed by atoms with Crippen LogP contribution in [0.15, 0.2) is 16.6 Å². The van der Waals surface area contributed by atoms with Gasteiger partial charge in [-0.05, 0) is 35.0 Å². The molecule has 0 radical (unpaired) electrons. The van der Waals surface area contributed by atoms with Gasteiger partial charge >= 0.3 is 0 Å². The zero-order valence-corrected chi connectivity index (χ0v) is 12.7. The molecule has 1 heterocycles. The van der Waals surface area contributed by atoms with Crippen molar-refractivity contribution in [2.75, 3.05) is 27.3 Å². The van der Waals surface area contributed by atoms with E-state index in [1.165, 1.54) is 14.2 Å². The van der Waals surface area contributed by atoms with E-state index >= 15 is 0 Å². The second kappa shape index (κ2) is 5.02. The Morgan fingerprint density at radius 1 is 1.32 bits per heavy atom. The second-order valence-corrected chi connectivity index (χ2v) is 5.65. The number of aliphatic hydroxyl groups is 1. The fraction of sp³-hybridized carbons (Fsp3) is 0.462. The van der Waals surface area contributed by atoms with Gasteiger partial charge in [0, 0.05) is 5.56 Å². The number of amides is 1. The van der Waals surface area contributed by atoms with Crippen LogP contribution in [0.4, 0.5) is 0 Å². The third kappa shape index (κ3) is 2.69. The molecule has 0 spiro atoms. The highest BCUT2D eigenvalue weighted by molar-refractivity contribution is 9.10. The van der Waals surface area contributed by atoms with Gasteiger partial charge in [-0.1, -0.05) is 0 Å². The predicted octanol–water partition coefficient (Wildman–Crippen LogP) is 1.67. The molecule has 1 fully saturated rings. The lowest BCUT2D eigenvalue weighted by Gasteiger charge is -2.44. The Morgan fingerprint density at radius 3 is 2.16 bits per heavy atom. The summed E-state index contributed by atoms with van der Waals surface area (Å²) < 4.78 is 11.1. The standard InChI is InChI=1S/C13H16BrNO4/c1-13(17)6-15(7-13)12(16)8-4-9(18-2)11(14)10(5-8)19-3/h4-5,17H,6-7H2,1-3H3. The van der Waals surface area contributed by atoms with Crippen LogP contribution in [0.3, 0.4) is 0 Å². The van der Waals surface area contributed by atoms with Crippen molar-refractivity contribution in [3.8, 4) is 11.5 Å². The molecular formula is C13H16BrNO4. The maximum atomic E-state index is 12.3. The Balaban J connectivity index is 2.27. The van der Waals surface area contributed by atoms with Gasteiger partial charge in [0.2, 0.25) is 0 Å². The van der Waals surface area contributed by atoms with Crippen LogP contribution in [-0.2, 0) is 0 Å². The van der Waals surface area contributed by atoms with Gasteiger partial charge in [-0.25, -0.2) is 0 Å². The van der Waals surface area contributed by atoms with E-state index in [9.17, 15) is 9.90 Å². The van der Waals surface area contributed by atoms with Crippen molar-refractivity contribution in [3.05, 3.63) is 22.2 Å². The Labute approximate surface area is 120 Å². The average molecular weight is 330 g/mol. The monoisotopic (exact) mass is 329 g/mol. The Morgan fingerprint density at radius 2 is 1.79 bits per heavy atom. The molecule has 5 nitrogen and oxygen atoms in total. The first-order valence-corrected chi connectivity index (χ1v) is 6.60. The maximum Gasteiger partial charge on any atom is 0.254 e. The first-order chi connectivity index (χ1) is 8.88. The largest absolute Gasteiger partial charge is 0.495 e. The molecule has 0 atom stereocenters. The quantitative estimate of drug-likeness (QED) is 0.916. The summed E-state index contributed by atoms with van der Waals surface area (Å²) in [6, 6.07) is 3.31. The number of carbonyl (C=O) groups excluding carboxylic acids is 1. The minimum atomic E-state index is -0.779. The summed E-state index contributed by atoms with van der Waals surface area (Å²) in [5.41, 5.74) is -0.300. The molecule has 1 aliphatic rings. The fourth-order valence-corrected chi connectivity index (χ4v) is 2.65. The van der Waals surface area contributed by atoms with Crippen molar-refractivity contribution in [2.24, 2.45) is 0 Å². The molecule has 0 aromatic heterocycles. The van der Waals surface area contributed by atoms with Gasteiger partial charge in [0.1, 0.15) is 16.0 Å². The molecule has 1 aromatic carbocycles. The third-order valence-corrected chi connectivity index (χ3v) is 3.82. The lowest BCUT2D eigenvalue weighted by atomic mass is 9.96. The van der Waals surface area contributed by atoms with Gasteiger partial charge in [-0.2, -0.15) is 0 Å². The molecule has 104 valence electrons. The van der Waals surface area contributed by atoms with E-state index < -0.39 is 5.60 Å². The fourth-order valence-electron chi connectivity index (χ4n) is 2.10. The van der Waals surface area contributed by atoms with E-state index in [4.69, 9.17) is 9.47 Å². The predicted molar refractivity (Wildman–Crippen MR) is 73.8 cm³/mol. The molecule has 1 amide bonds. The van der Waals surface area contributed by atoms with Crippen molar-refractivity contribution in [1.29, 1.82) is 0 Å². The first-order valence-electron chi connectivity index (χ1n) is 5.81. The first kappa shape index (κ1) is 14.1. The summed E-state index contributed by atoms with van der Waals surface area (Å²) in [6.07, 6.45) is 0. The van der Waals surface area contributed by atoms with E-state index in [2.05, 4.69) is 15.9 Å². The zero-order valence-electron chi connectivity index (χ0n) is 11.1. The van der Waals surface area contributed by atoms with Crippen molar-refractivity contribution >= 4 is 21.8 Å². The number of nitrogens with zero attached hydrogens (tertiary/aromatic N) is 1. The summed E-state index contributed by atoms with van der Waals surface area (Å²) in [5, 5.41) is 9.67. The third-order valence-electron chi connectivity index (χ3n) is 3.04. The number of β-amino-alcohol motifs (C(OH)–C–C–N with tert-alkyl or cyclic N) is 1. The summed E-state index contributed by atoms with van der Waals surface area (Å²) in [4.78, 5) is 13.8. The van der Waals surface area contributed by atoms with Gasteiger partial charge in [0.25, 0.3) is 5.91 Å². The molecule has 2 rings (SSSR count). The van der Waals surface area contributed by atoms with E-state index in [-0.39, 0.29) is 5.91 Å². The van der Waals surface area contributed by atoms with Crippen molar-refractivity contribution in [2.45, 2.75) is 12.5 Å². The molecule has 1 aliphatic heterocycles. The van der Waals surface area contributed by atoms with E-state index in [1.54, 1.807) is 24.0 Å². The van der Waals surface area contributed by atoms with Crippen molar-refractivity contribution < 1.29 is 19.4 Å². The molecule has 0 unspecified atom stereocenters. The molecule has 6 heteroatoms. The molecule has 0 bridgehead atoms. The van der Waals surface area contributed by atoms with Crippen LogP contribution >= 0.6 is 15.9 Å². The highest BCUT2D eigenvalue weighted by Crippen LogP contribution is 2.36. The minimum absolute atomic E-state index is 0.143. The summed E-state index contributed by atoms with van der Waals surface area (Å²) >= 11 is 3.36. The Hall–Kier alpha value is -1.27. The molecule has 1 aromatic rings. The van der Waals surface area contributed by atoms with Crippen LogP contribution in [0, 0.1) is 0 Å². The molecule has 19 heavy (non-hydrogen) atoms. The van der Waals surface area contributed by atoms with Crippen molar-refractivity contribution in [3.63, 3.8) is 0 Å². The van der Waals surface area contributed by atoms with Gasteiger partial charge in [-0.3, -0.25) is 4.79 Å². The van der Waals surface area contributed by atoms with E-state index in [0.29, 0.717) is 34.6 Å². The van der Waals surface area contributed by atoms with Crippen LogP contribution in [0.5, 0.6) is 11.5 Å². The average Bonchev–Trinajstić information content (AvgIpc) is 2.35. The lowest BCUT2D eigenvalue weighted by Crippen LogP contribution is -2.61. The number of likely N-dealkylation sites (tertiary alicyclic amines) is 1. The number of rotatable bonds is 3. The Kier molecular flexibility index (Phi) is 3.73. The normalized spacial score (nSPS) is 16.8. The highest BCUT2D eigenvalue weighted by atomic mass is 79.9. The Bertz CT molecular complexity index is 482. The number of hydrogen-bond donors (Lipinski definition) is 1. The topological polar surface area (TPSA) is 59.0 Å². The van der Waals surface area contributed by atoms with Gasteiger partial charge in [0.15, 0.2) is 0 Å². The van der Waals surface area contributed by atoms with Crippen LogP contribution < -0.4 is 9.47 Å². The number of carbonyl (C=O) groups is 1. The van der Waals surface area contributed by atoms with Gasteiger partial charge in [0.05, 0.1) is 32.9 Å². The SMILES string of the molecule is COc1cc(C(=O)N2CC(C)(O)C2)cc(OC)c1Br. The molecule has 0 aliphatic carbocycles. The summed E-state index contributed by atoms with van der Waals surface area (Å²) in [5.74, 6) is 0.931. The lowest BCUT2D eigenvalue weighted by molar-refractivity contribution is -0.0668. The maximum absolute atomic E-state index is 12.3. The number of halogens is 1. The minimum Gasteiger partial charge on any atom is -0.495 e. The molecule has 0 saturated carbocycles. The molecule has 1 saturated heterocycles. The van der Waals surface area contributed by atoms with Crippen LogP contribution in [0.25, 0.3) is 0 Å². The zero-order chi connectivity index (χ0) is 14.2. The van der Waals surface area contributed by atoms with Gasteiger partial charge < -0.3 is 19.5 Å². The number of benzene rings is 1. The van der Waals surface area contributed by atoms with Crippen LogP contribution in [0.1, 0.15) is 17.3 Å². The number of ether oxygens (including phenoxy) is 2. The van der Waals surface area contributed by atoms with Gasteiger partial charge in [-0.15, -0.1) is 0 Å². The number of hydrogen-bond acceptors (Lipinski definition) is 4. The van der Waals surface area contributed by atoms with Crippen LogP contribution in [0.2, 0.25) is 0 Å². The van der Waals surface area contributed by atoms with Crippen molar-refractivity contribution in [1.82, 2.24) is 4.90 Å². The number of methoxy groups -OCH3 is 2. The molecular weight excluding hydrogens is 314 g/mol. The molecule has 1 N–H and O–H groups in total. The summed E-state index contributed by atoms with van der Waals surface area (Å²) in [7, 11) is 3.06. The second-order valence-electron chi connectivity index (χ2n) is 4.85.